The first-order valence-electron chi connectivity index (χ1n) is 4.44. The Morgan fingerprint density at radius 1 is 1.71 bits per heavy atom. The van der Waals surface area contributed by atoms with Crippen LogP contribution in [0.4, 0.5) is 0 Å². The summed E-state index contributed by atoms with van der Waals surface area (Å²) in [6, 6.07) is 2.12. The highest BCUT2D eigenvalue weighted by Crippen LogP contribution is 2.06. The normalized spacial score (nSPS) is 26.8. The van der Waals surface area contributed by atoms with Gasteiger partial charge in [-0.2, -0.15) is 10.7 Å². The van der Waals surface area contributed by atoms with E-state index in [1.807, 2.05) is 0 Å². The molecule has 78 valence electrons. The minimum Gasteiger partial charge on any atom is -0.479 e. The highest BCUT2D eigenvalue weighted by atomic mass is 16.7. The molecule has 6 nitrogen and oxygen atoms in total. The Hall–Kier alpha value is -1.16. The van der Waals surface area contributed by atoms with E-state index in [1.165, 1.54) is 0 Å². The van der Waals surface area contributed by atoms with Crippen LogP contribution < -0.4 is 10.8 Å². The van der Waals surface area contributed by atoms with Crippen molar-refractivity contribution in [2.45, 2.75) is 24.9 Å². The molecule has 1 aliphatic heterocycles. The summed E-state index contributed by atoms with van der Waals surface area (Å²) in [5.74, 6) is -1.00. The second-order valence-corrected chi connectivity index (χ2v) is 3.16. The smallest absolute Gasteiger partial charge is 0.331 e. The van der Waals surface area contributed by atoms with E-state index < -0.39 is 5.97 Å². The summed E-state index contributed by atoms with van der Waals surface area (Å²) >= 11 is 0. The molecule has 0 radical (unpaired) electrons. The van der Waals surface area contributed by atoms with Gasteiger partial charge in [0.15, 0.2) is 6.61 Å². The summed E-state index contributed by atoms with van der Waals surface area (Å²) in [6.07, 6.45) is 1.56. The zero-order chi connectivity index (χ0) is 10.4. The van der Waals surface area contributed by atoms with Crippen molar-refractivity contribution in [2.24, 2.45) is 0 Å². The average molecular weight is 199 g/mol. The summed E-state index contributed by atoms with van der Waals surface area (Å²) in [7, 11) is 0. The van der Waals surface area contributed by atoms with Crippen LogP contribution in [-0.4, -0.2) is 36.3 Å². The van der Waals surface area contributed by atoms with Crippen molar-refractivity contribution in [3.8, 4) is 6.07 Å². The molecule has 0 spiro atoms. The Labute approximate surface area is 81.8 Å². The molecular weight excluding hydrogens is 186 g/mol. The maximum absolute atomic E-state index is 10.1. The fourth-order valence-electron chi connectivity index (χ4n) is 1.29. The van der Waals surface area contributed by atoms with Crippen molar-refractivity contribution in [3.05, 3.63) is 0 Å². The fourth-order valence-corrected chi connectivity index (χ4v) is 1.29. The SMILES string of the molecule is N#C[C@@H]1CC[C@H](NOCC(=O)O)CN1. The highest BCUT2D eigenvalue weighted by molar-refractivity contribution is 5.67. The zero-order valence-electron chi connectivity index (χ0n) is 7.69. The average Bonchev–Trinajstić information content (AvgIpc) is 2.18. The van der Waals surface area contributed by atoms with Gasteiger partial charge in [-0.15, -0.1) is 0 Å². The van der Waals surface area contributed by atoms with Crippen molar-refractivity contribution in [1.82, 2.24) is 10.8 Å². The molecule has 1 aliphatic rings. The Balaban J connectivity index is 2.10. The largest absolute Gasteiger partial charge is 0.479 e. The first-order valence-corrected chi connectivity index (χ1v) is 4.44. The molecule has 14 heavy (non-hydrogen) atoms. The van der Waals surface area contributed by atoms with Crippen LogP contribution in [0.25, 0.3) is 0 Å². The summed E-state index contributed by atoms with van der Waals surface area (Å²) in [4.78, 5) is 14.8. The molecule has 1 heterocycles. The standard InChI is InChI=1S/C8H13N3O3/c9-3-6-1-2-7(4-10-6)11-14-5-8(12)13/h6-7,10-11H,1-2,4-5H2,(H,12,13)/t6-,7-/m0/s1. The molecular formula is C8H13N3O3. The van der Waals surface area contributed by atoms with Crippen LogP contribution in [0.3, 0.4) is 0 Å². The third-order valence-corrected chi connectivity index (χ3v) is 2.02. The lowest BCUT2D eigenvalue weighted by Gasteiger charge is -2.26. The van der Waals surface area contributed by atoms with Crippen LogP contribution in [0.5, 0.6) is 0 Å². The van der Waals surface area contributed by atoms with Crippen molar-refractivity contribution < 1.29 is 14.7 Å². The van der Waals surface area contributed by atoms with Gasteiger partial charge in [0.05, 0.1) is 12.1 Å². The van der Waals surface area contributed by atoms with E-state index in [2.05, 4.69) is 16.9 Å². The van der Waals surface area contributed by atoms with E-state index in [0.717, 1.165) is 12.8 Å². The van der Waals surface area contributed by atoms with Gasteiger partial charge in [-0.1, -0.05) is 0 Å². The number of nitrogens with zero attached hydrogens (tertiary/aromatic N) is 1. The van der Waals surface area contributed by atoms with E-state index in [4.69, 9.17) is 15.2 Å². The lowest BCUT2D eigenvalue weighted by Crippen LogP contribution is -2.47. The van der Waals surface area contributed by atoms with Gasteiger partial charge < -0.3 is 10.4 Å². The number of hydrogen-bond donors (Lipinski definition) is 3. The van der Waals surface area contributed by atoms with Gasteiger partial charge in [0.2, 0.25) is 0 Å². The molecule has 3 N–H and O–H groups in total. The lowest BCUT2D eigenvalue weighted by molar-refractivity contribution is -0.146. The van der Waals surface area contributed by atoms with Crippen LogP contribution >= 0.6 is 0 Å². The van der Waals surface area contributed by atoms with Crippen LogP contribution in [-0.2, 0) is 9.63 Å². The lowest BCUT2D eigenvalue weighted by atomic mass is 10.0. The maximum Gasteiger partial charge on any atom is 0.331 e. The summed E-state index contributed by atoms with van der Waals surface area (Å²) < 4.78 is 0. The predicted octanol–water partition coefficient (Wildman–Crippen LogP) is -0.764. The Kier molecular flexibility index (Phi) is 4.32. The number of hydroxylamine groups is 1. The summed E-state index contributed by atoms with van der Waals surface area (Å²) in [5.41, 5.74) is 2.64. The van der Waals surface area contributed by atoms with E-state index >= 15 is 0 Å². The number of piperidine rings is 1. The minimum atomic E-state index is -1.00. The number of carboxylic acid groups (broad SMARTS) is 1. The number of aliphatic carboxylic acids is 1. The molecule has 0 bridgehead atoms. The van der Waals surface area contributed by atoms with Crippen LogP contribution in [0.2, 0.25) is 0 Å². The monoisotopic (exact) mass is 199 g/mol. The van der Waals surface area contributed by atoms with Crippen molar-refractivity contribution in [1.29, 1.82) is 5.26 Å². The second-order valence-electron chi connectivity index (χ2n) is 3.16. The quantitative estimate of drug-likeness (QED) is 0.515. The Morgan fingerprint density at radius 3 is 3.00 bits per heavy atom. The molecule has 0 aromatic carbocycles. The molecule has 0 aromatic rings. The third-order valence-electron chi connectivity index (χ3n) is 2.02. The van der Waals surface area contributed by atoms with Crippen molar-refractivity contribution >= 4 is 5.97 Å². The van der Waals surface area contributed by atoms with Gasteiger partial charge in [-0.05, 0) is 12.8 Å². The first kappa shape index (κ1) is 10.9. The van der Waals surface area contributed by atoms with Crippen LogP contribution in [0.15, 0.2) is 0 Å². The fraction of sp³-hybridized carbons (Fsp3) is 0.750. The van der Waals surface area contributed by atoms with Gasteiger partial charge >= 0.3 is 5.97 Å². The van der Waals surface area contributed by atoms with E-state index in [9.17, 15) is 4.79 Å². The number of hydrogen-bond acceptors (Lipinski definition) is 5. The van der Waals surface area contributed by atoms with Gasteiger partial charge in [-0.25, -0.2) is 4.79 Å². The molecule has 1 fully saturated rings. The van der Waals surface area contributed by atoms with Crippen LogP contribution in [0.1, 0.15) is 12.8 Å². The molecule has 2 atom stereocenters. The summed E-state index contributed by atoms with van der Waals surface area (Å²) in [5, 5.41) is 19.9. The molecule has 6 heteroatoms. The van der Waals surface area contributed by atoms with E-state index in [-0.39, 0.29) is 18.7 Å². The molecule has 0 saturated carbocycles. The van der Waals surface area contributed by atoms with Gasteiger partial charge in [0, 0.05) is 12.6 Å². The number of carbonyl (C=O) groups is 1. The number of nitriles is 1. The second kappa shape index (κ2) is 5.54. The minimum absolute atomic E-state index is 0.0824. The molecule has 0 aliphatic carbocycles. The third kappa shape index (κ3) is 3.70. The number of carboxylic acids is 1. The number of rotatable bonds is 4. The number of nitrogens with one attached hydrogen (secondary N) is 2. The molecule has 1 saturated heterocycles. The van der Waals surface area contributed by atoms with E-state index in [0.29, 0.717) is 6.54 Å². The molecule has 0 unspecified atom stereocenters. The maximum atomic E-state index is 10.1. The first-order chi connectivity index (χ1) is 6.72. The zero-order valence-corrected chi connectivity index (χ0v) is 7.69. The van der Waals surface area contributed by atoms with Crippen molar-refractivity contribution in [2.75, 3.05) is 13.2 Å². The van der Waals surface area contributed by atoms with Crippen LogP contribution in [0, 0.1) is 11.3 Å². The predicted molar refractivity (Wildman–Crippen MR) is 47.1 cm³/mol. The highest BCUT2D eigenvalue weighted by Gasteiger charge is 2.19. The van der Waals surface area contributed by atoms with Gasteiger partial charge in [0.25, 0.3) is 0 Å². The Bertz CT molecular complexity index is 230. The van der Waals surface area contributed by atoms with Gasteiger partial charge in [0.1, 0.15) is 0 Å². The molecule has 0 aromatic heterocycles. The van der Waals surface area contributed by atoms with Gasteiger partial charge in [-0.3, -0.25) is 4.84 Å². The van der Waals surface area contributed by atoms with E-state index in [1.54, 1.807) is 0 Å². The van der Waals surface area contributed by atoms with Crippen molar-refractivity contribution in [3.63, 3.8) is 0 Å². The molecule has 1 rings (SSSR count). The topological polar surface area (TPSA) is 94.4 Å². The Morgan fingerprint density at radius 2 is 2.50 bits per heavy atom. The molecule has 0 amide bonds. The summed E-state index contributed by atoms with van der Waals surface area (Å²) in [6.45, 7) is 0.274.